The Labute approximate surface area is 87.2 Å². The normalized spacial score (nSPS) is 11.8. The van der Waals surface area contributed by atoms with Gasteiger partial charge >= 0.3 is 6.18 Å². The van der Waals surface area contributed by atoms with E-state index < -0.39 is 11.7 Å². The van der Waals surface area contributed by atoms with Crippen LogP contribution in [0.4, 0.5) is 18.9 Å². The predicted octanol–water partition coefficient (Wildman–Crippen LogP) is 2.51. The minimum atomic E-state index is -4.39. The average molecular weight is 269 g/mol. The Balaban J connectivity index is 3.36. The lowest BCUT2D eigenvalue weighted by molar-refractivity contribution is -0.138. The smallest absolute Gasteiger partial charge is 0.398 e. The zero-order valence-corrected chi connectivity index (χ0v) is 8.61. The molecule has 2 nitrogen and oxygen atoms in total. The zero-order chi connectivity index (χ0) is 10.9. The van der Waals surface area contributed by atoms with E-state index in [-0.39, 0.29) is 22.3 Å². The molecule has 6 heteroatoms. The molecule has 1 aromatic rings. The zero-order valence-electron chi connectivity index (χ0n) is 7.03. The Morgan fingerprint density at radius 3 is 2.29 bits per heavy atom. The molecule has 0 amide bonds. The first-order chi connectivity index (χ1) is 6.38. The second kappa shape index (κ2) is 3.78. The van der Waals surface area contributed by atoms with Crippen molar-refractivity contribution in [2.45, 2.75) is 12.7 Å². The van der Waals surface area contributed by atoms with Crippen molar-refractivity contribution in [1.82, 2.24) is 0 Å². The molecule has 0 radical (unpaired) electrons. The van der Waals surface area contributed by atoms with Crippen LogP contribution in [0.15, 0.2) is 16.6 Å². The first-order valence-corrected chi connectivity index (χ1v) is 4.51. The molecule has 1 aromatic carbocycles. The van der Waals surface area contributed by atoms with Crippen molar-refractivity contribution in [3.63, 3.8) is 0 Å². The third-order valence-electron chi connectivity index (χ3n) is 1.79. The number of hydrogen-bond donors (Lipinski definition) is 2. The Hall–Kier alpha value is -0.750. The van der Waals surface area contributed by atoms with Crippen molar-refractivity contribution in [3.05, 3.63) is 27.7 Å². The summed E-state index contributed by atoms with van der Waals surface area (Å²) < 4.78 is 37.1. The first kappa shape index (κ1) is 11.3. The highest BCUT2D eigenvalue weighted by Crippen LogP contribution is 2.38. The number of nitrogens with two attached hydrogens (primary N) is 2. The highest BCUT2D eigenvalue weighted by Gasteiger charge is 2.33. The van der Waals surface area contributed by atoms with E-state index in [0.29, 0.717) is 0 Å². The summed E-state index contributed by atoms with van der Waals surface area (Å²) in [6.07, 6.45) is -4.39. The lowest BCUT2D eigenvalue weighted by Gasteiger charge is -2.13. The van der Waals surface area contributed by atoms with Gasteiger partial charge in [-0.3, -0.25) is 0 Å². The fourth-order valence-electron chi connectivity index (χ4n) is 1.06. The third-order valence-corrected chi connectivity index (χ3v) is 2.69. The van der Waals surface area contributed by atoms with Gasteiger partial charge in [0.05, 0.1) is 5.56 Å². The fraction of sp³-hybridized carbons (Fsp3) is 0.250. The third kappa shape index (κ3) is 2.01. The van der Waals surface area contributed by atoms with Gasteiger partial charge in [0, 0.05) is 22.3 Å². The van der Waals surface area contributed by atoms with Crippen LogP contribution in [0.3, 0.4) is 0 Å². The van der Waals surface area contributed by atoms with Crippen LogP contribution in [-0.4, -0.2) is 0 Å². The number of anilines is 1. The standard InChI is InChI=1S/C8H8BrF3N2/c9-7-4(3-13)6(14)2-1-5(7)8(10,11)12/h1-2H,3,13-14H2. The van der Waals surface area contributed by atoms with Crippen LogP contribution in [-0.2, 0) is 12.7 Å². The molecule has 0 aliphatic rings. The topological polar surface area (TPSA) is 52.0 Å². The monoisotopic (exact) mass is 268 g/mol. The second-order valence-electron chi connectivity index (χ2n) is 2.70. The quantitative estimate of drug-likeness (QED) is 0.769. The summed E-state index contributed by atoms with van der Waals surface area (Å²) in [5.41, 5.74) is 10.5. The number of benzene rings is 1. The molecule has 4 N–H and O–H groups in total. The van der Waals surface area contributed by atoms with Gasteiger partial charge in [-0.25, -0.2) is 0 Å². The van der Waals surface area contributed by atoms with Crippen LogP contribution in [0.25, 0.3) is 0 Å². The Bertz CT molecular complexity index is 349. The molecule has 0 aliphatic carbocycles. The van der Waals surface area contributed by atoms with Gasteiger partial charge < -0.3 is 11.5 Å². The average Bonchev–Trinajstić information content (AvgIpc) is 2.02. The van der Waals surface area contributed by atoms with E-state index in [1.54, 1.807) is 0 Å². The largest absolute Gasteiger partial charge is 0.417 e. The number of nitrogen functional groups attached to an aromatic ring is 1. The van der Waals surface area contributed by atoms with Crippen molar-refractivity contribution in [1.29, 1.82) is 0 Å². The molecule has 0 unspecified atom stereocenters. The van der Waals surface area contributed by atoms with E-state index in [1.165, 1.54) is 6.07 Å². The summed E-state index contributed by atoms with van der Waals surface area (Å²) >= 11 is 2.85. The van der Waals surface area contributed by atoms with Gasteiger partial charge in [0.15, 0.2) is 0 Å². The molecule has 0 heterocycles. The lowest BCUT2D eigenvalue weighted by atomic mass is 10.1. The molecule has 0 aliphatic heterocycles. The molecule has 1 rings (SSSR count). The summed E-state index contributed by atoms with van der Waals surface area (Å²) in [4.78, 5) is 0. The molecule has 0 saturated heterocycles. The van der Waals surface area contributed by atoms with Gasteiger partial charge in [-0.2, -0.15) is 13.2 Å². The number of halogens is 4. The molecule has 78 valence electrons. The SMILES string of the molecule is NCc1c(N)ccc(C(F)(F)F)c1Br. The van der Waals surface area contributed by atoms with Crippen LogP contribution >= 0.6 is 15.9 Å². The summed E-state index contributed by atoms with van der Waals surface area (Å²) in [5, 5.41) is 0. The van der Waals surface area contributed by atoms with Crippen LogP contribution < -0.4 is 11.5 Å². The number of rotatable bonds is 1. The summed E-state index contributed by atoms with van der Waals surface area (Å²) in [7, 11) is 0. The number of alkyl halides is 3. The summed E-state index contributed by atoms with van der Waals surface area (Å²) in [6.45, 7) is -0.0314. The number of hydrogen-bond acceptors (Lipinski definition) is 2. The molecular weight excluding hydrogens is 261 g/mol. The van der Waals surface area contributed by atoms with Gasteiger partial charge in [-0.1, -0.05) is 0 Å². The van der Waals surface area contributed by atoms with Crippen molar-refractivity contribution in [2.75, 3.05) is 5.73 Å². The Kier molecular flexibility index (Phi) is 3.06. The maximum atomic E-state index is 12.4. The van der Waals surface area contributed by atoms with E-state index >= 15 is 0 Å². The Morgan fingerprint density at radius 2 is 1.86 bits per heavy atom. The Morgan fingerprint density at radius 1 is 1.29 bits per heavy atom. The van der Waals surface area contributed by atoms with Gasteiger partial charge in [0.2, 0.25) is 0 Å². The molecule has 0 fully saturated rings. The highest BCUT2D eigenvalue weighted by molar-refractivity contribution is 9.10. The second-order valence-corrected chi connectivity index (χ2v) is 3.49. The maximum Gasteiger partial charge on any atom is 0.417 e. The van der Waals surface area contributed by atoms with Crippen LogP contribution in [0.2, 0.25) is 0 Å². The van der Waals surface area contributed by atoms with E-state index in [9.17, 15) is 13.2 Å². The molecule has 0 atom stereocenters. The van der Waals surface area contributed by atoms with Crippen LogP contribution in [0.1, 0.15) is 11.1 Å². The van der Waals surface area contributed by atoms with Gasteiger partial charge in [-0.15, -0.1) is 0 Å². The fourth-order valence-corrected chi connectivity index (χ4v) is 1.81. The van der Waals surface area contributed by atoms with Gasteiger partial charge in [0.1, 0.15) is 0 Å². The van der Waals surface area contributed by atoms with E-state index in [0.717, 1.165) is 6.07 Å². The summed E-state index contributed by atoms with van der Waals surface area (Å²) in [6, 6.07) is 2.13. The van der Waals surface area contributed by atoms with E-state index in [2.05, 4.69) is 15.9 Å². The van der Waals surface area contributed by atoms with Crippen molar-refractivity contribution in [2.24, 2.45) is 5.73 Å². The van der Waals surface area contributed by atoms with Crippen molar-refractivity contribution < 1.29 is 13.2 Å². The van der Waals surface area contributed by atoms with Gasteiger partial charge in [-0.05, 0) is 28.1 Å². The van der Waals surface area contributed by atoms with E-state index in [1.807, 2.05) is 0 Å². The van der Waals surface area contributed by atoms with Gasteiger partial charge in [0.25, 0.3) is 0 Å². The minimum absolute atomic E-state index is 0.0314. The minimum Gasteiger partial charge on any atom is -0.398 e. The molecule has 0 bridgehead atoms. The molecule has 14 heavy (non-hydrogen) atoms. The predicted molar refractivity (Wildman–Crippen MR) is 51.4 cm³/mol. The first-order valence-electron chi connectivity index (χ1n) is 3.72. The molecule has 0 aromatic heterocycles. The van der Waals surface area contributed by atoms with Crippen molar-refractivity contribution in [3.8, 4) is 0 Å². The summed E-state index contributed by atoms with van der Waals surface area (Å²) in [5.74, 6) is 0. The molecule has 0 saturated carbocycles. The van der Waals surface area contributed by atoms with E-state index in [4.69, 9.17) is 11.5 Å². The maximum absolute atomic E-state index is 12.4. The van der Waals surface area contributed by atoms with Crippen LogP contribution in [0, 0.1) is 0 Å². The van der Waals surface area contributed by atoms with Crippen molar-refractivity contribution >= 4 is 21.6 Å². The van der Waals surface area contributed by atoms with Crippen LogP contribution in [0.5, 0.6) is 0 Å². The molecule has 0 spiro atoms. The highest BCUT2D eigenvalue weighted by atomic mass is 79.9. The molecular formula is C8H8BrF3N2. The lowest BCUT2D eigenvalue weighted by Crippen LogP contribution is -2.10.